The standard InChI is InChI=1S/C9H15N3OS/c1-9(2,10)3-8(13)11-4-7-5-14-6-12-7/h5-6H,3-4,10H2,1-2H3,(H,11,13). The summed E-state index contributed by atoms with van der Waals surface area (Å²) in [4.78, 5) is 15.4. The number of carbonyl (C=O) groups excluding carboxylic acids is 1. The summed E-state index contributed by atoms with van der Waals surface area (Å²) in [6.45, 7) is 4.14. The van der Waals surface area contributed by atoms with Gasteiger partial charge in [0.2, 0.25) is 5.91 Å². The minimum Gasteiger partial charge on any atom is -0.350 e. The third-order valence-corrected chi connectivity index (χ3v) is 2.20. The number of amides is 1. The van der Waals surface area contributed by atoms with Crippen molar-refractivity contribution < 1.29 is 4.79 Å². The van der Waals surface area contributed by atoms with E-state index in [1.807, 2.05) is 19.2 Å². The molecule has 14 heavy (non-hydrogen) atoms. The first-order chi connectivity index (χ1) is 6.47. The molecular formula is C9H15N3OS. The molecule has 0 aliphatic rings. The number of nitrogens with zero attached hydrogens (tertiary/aromatic N) is 1. The number of nitrogens with one attached hydrogen (secondary N) is 1. The summed E-state index contributed by atoms with van der Waals surface area (Å²) in [5.41, 5.74) is 7.89. The van der Waals surface area contributed by atoms with Gasteiger partial charge < -0.3 is 11.1 Å². The lowest BCUT2D eigenvalue weighted by Gasteiger charge is -2.17. The number of hydrogen-bond donors (Lipinski definition) is 2. The van der Waals surface area contributed by atoms with Crippen LogP contribution in [0.2, 0.25) is 0 Å². The van der Waals surface area contributed by atoms with Crippen molar-refractivity contribution in [1.29, 1.82) is 0 Å². The lowest BCUT2D eigenvalue weighted by molar-refractivity contribution is -0.122. The fourth-order valence-electron chi connectivity index (χ4n) is 0.990. The van der Waals surface area contributed by atoms with E-state index in [4.69, 9.17) is 5.73 Å². The Morgan fingerprint density at radius 3 is 2.93 bits per heavy atom. The van der Waals surface area contributed by atoms with E-state index in [2.05, 4.69) is 10.3 Å². The van der Waals surface area contributed by atoms with Gasteiger partial charge in [0.15, 0.2) is 0 Å². The minimum atomic E-state index is -0.452. The van der Waals surface area contributed by atoms with Gasteiger partial charge in [0.1, 0.15) is 0 Å². The molecule has 4 nitrogen and oxygen atoms in total. The number of carbonyl (C=O) groups is 1. The number of thiazole rings is 1. The Kier molecular flexibility index (Phi) is 3.60. The third kappa shape index (κ3) is 4.34. The predicted octanol–water partition coefficient (Wildman–Crippen LogP) is 0.887. The molecule has 0 radical (unpaired) electrons. The fourth-order valence-corrected chi connectivity index (χ4v) is 1.55. The van der Waals surface area contributed by atoms with Crippen LogP contribution in [0.4, 0.5) is 0 Å². The molecule has 0 saturated heterocycles. The van der Waals surface area contributed by atoms with E-state index in [0.717, 1.165) is 5.69 Å². The van der Waals surface area contributed by atoms with Gasteiger partial charge in [0.05, 0.1) is 17.7 Å². The highest BCUT2D eigenvalue weighted by molar-refractivity contribution is 7.07. The molecular weight excluding hydrogens is 198 g/mol. The zero-order chi connectivity index (χ0) is 10.6. The van der Waals surface area contributed by atoms with Crippen LogP contribution in [0.5, 0.6) is 0 Å². The zero-order valence-electron chi connectivity index (χ0n) is 8.41. The second-order valence-electron chi connectivity index (χ2n) is 3.92. The van der Waals surface area contributed by atoms with E-state index in [-0.39, 0.29) is 5.91 Å². The van der Waals surface area contributed by atoms with E-state index < -0.39 is 5.54 Å². The summed E-state index contributed by atoms with van der Waals surface area (Å²) in [5.74, 6) is -0.0366. The van der Waals surface area contributed by atoms with Gasteiger partial charge in [0.25, 0.3) is 0 Å². The van der Waals surface area contributed by atoms with Crippen molar-refractivity contribution in [2.75, 3.05) is 0 Å². The Balaban J connectivity index is 2.29. The lowest BCUT2D eigenvalue weighted by atomic mass is 10.0. The lowest BCUT2D eigenvalue weighted by Crippen LogP contribution is -2.38. The molecule has 1 aromatic rings. The van der Waals surface area contributed by atoms with Crippen LogP contribution in [0.3, 0.4) is 0 Å². The van der Waals surface area contributed by atoms with Crippen LogP contribution in [-0.2, 0) is 11.3 Å². The topological polar surface area (TPSA) is 68.0 Å². The molecule has 1 aromatic heterocycles. The largest absolute Gasteiger partial charge is 0.350 e. The van der Waals surface area contributed by atoms with Crippen LogP contribution >= 0.6 is 11.3 Å². The van der Waals surface area contributed by atoms with Gasteiger partial charge in [-0.05, 0) is 13.8 Å². The Bertz CT molecular complexity index is 290. The number of rotatable bonds is 4. The molecule has 0 atom stereocenters. The first-order valence-electron chi connectivity index (χ1n) is 4.40. The highest BCUT2D eigenvalue weighted by Gasteiger charge is 2.15. The second kappa shape index (κ2) is 4.52. The van der Waals surface area contributed by atoms with E-state index in [1.54, 1.807) is 5.51 Å². The molecule has 0 spiro atoms. The molecule has 0 fully saturated rings. The highest BCUT2D eigenvalue weighted by atomic mass is 32.1. The maximum absolute atomic E-state index is 11.3. The van der Waals surface area contributed by atoms with Crippen LogP contribution < -0.4 is 11.1 Å². The van der Waals surface area contributed by atoms with Gasteiger partial charge in [0, 0.05) is 17.3 Å². The predicted molar refractivity (Wildman–Crippen MR) is 56.8 cm³/mol. The van der Waals surface area contributed by atoms with Crippen LogP contribution in [0.15, 0.2) is 10.9 Å². The summed E-state index contributed by atoms with van der Waals surface area (Å²) in [7, 11) is 0. The smallest absolute Gasteiger partial charge is 0.222 e. The van der Waals surface area contributed by atoms with E-state index >= 15 is 0 Å². The van der Waals surface area contributed by atoms with Gasteiger partial charge in [-0.3, -0.25) is 4.79 Å². The summed E-state index contributed by atoms with van der Waals surface area (Å²) in [6, 6.07) is 0. The van der Waals surface area contributed by atoms with Crippen LogP contribution in [0, 0.1) is 0 Å². The van der Waals surface area contributed by atoms with Crippen molar-refractivity contribution >= 4 is 17.2 Å². The average molecular weight is 213 g/mol. The quantitative estimate of drug-likeness (QED) is 0.780. The van der Waals surface area contributed by atoms with Crippen LogP contribution in [0.25, 0.3) is 0 Å². The molecule has 0 aliphatic heterocycles. The van der Waals surface area contributed by atoms with E-state index in [0.29, 0.717) is 13.0 Å². The van der Waals surface area contributed by atoms with Gasteiger partial charge in [-0.15, -0.1) is 11.3 Å². The Morgan fingerprint density at radius 2 is 2.43 bits per heavy atom. The molecule has 1 rings (SSSR count). The molecule has 0 bridgehead atoms. The zero-order valence-corrected chi connectivity index (χ0v) is 9.23. The summed E-state index contributed by atoms with van der Waals surface area (Å²) in [5, 5.41) is 4.68. The monoisotopic (exact) mass is 213 g/mol. The summed E-state index contributed by atoms with van der Waals surface area (Å²) in [6.07, 6.45) is 0.330. The fraction of sp³-hybridized carbons (Fsp3) is 0.556. The SMILES string of the molecule is CC(C)(N)CC(=O)NCc1cscn1. The minimum absolute atomic E-state index is 0.0366. The average Bonchev–Trinajstić information content (AvgIpc) is 2.49. The van der Waals surface area contributed by atoms with Crippen LogP contribution in [0.1, 0.15) is 26.0 Å². The van der Waals surface area contributed by atoms with Crippen molar-refractivity contribution in [3.8, 4) is 0 Å². The molecule has 1 heterocycles. The first-order valence-corrected chi connectivity index (χ1v) is 5.34. The van der Waals surface area contributed by atoms with E-state index in [1.165, 1.54) is 11.3 Å². The first kappa shape index (κ1) is 11.1. The molecule has 1 amide bonds. The van der Waals surface area contributed by atoms with Crippen molar-refractivity contribution in [3.05, 3.63) is 16.6 Å². The van der Waals surface area contributed by atoms with Gasteiger partial charge >= 0.3 is 0 Å². The van der Waals surface area contributed by atoms with Gasteiger partial charge in [-0.1, -0.05) is 0 Å². The van der Waals surface area contributed by atoms with Gasteiger partial charge in [-0.2, -0.15) is 0 Å². The maximum atomic E-state index is 11.3. The molecule has 78 valence electrons. The highest BCUT2D eigenvalue weighted by Crippen LogP contribution is 2.04. The van der Waals surface area contributed by atoms with E-state index in [9.17, 15) is 4.79 Å². The molecule has 5 heteroatoms. The second-order valence-corrected chi connectivity index (χ2v) is 4.64. The van der Waals surface area contributed by atoms with Crippen molar-refractivity contribution in [2.24, 2.45) is 5.73 Å². The maximum Gasteiger partial charge on any atom is 0.222 e. The van der Waals surface area contributed by atoms with Crippen molar-refractivity contribution in [3.63, 3.8) is 0 Å². The normalized spacial score (nSPS) is 11.4. The van der Waals surface area contributed by atoms with Crippen molar-refractivity contribution in [2.45, 2.75) is 32.4 Å². The van der Waals surface area contributed by atoms with Crippen molar-refractivity contribution in [1.82, 2.24) is 10.3 Å². The molecule has 0 aromatic carbocycles. The number of hydrogen-bond acceptors (Lipinski definition) is 4. The Morgan fingerprint density at radius 1 is 1.71 bits per heavy atom. The third-order valence-electron chi connectivity index (χ3n) is 1.57. The Labute approximate surface area is 87.5 Å². The number of aromatic nitrogens is 1. The molecule has 0 aliphatic carbocycles. The summed E-state index contributed by atoms with van der Waals surface area (Å²) < 4.78 is 0. The number of nitrogens with two attached hydrogens (primary N) is 1. The molecule has 3 N–H and O–H groups in total. The van der Waals surface area contributed by atoms with Crippen LogP contribution in [-0.4, -0.2) is 16.4 Å². The summed E-state index contributed by atoms with van der Waals surface area (Å²) >= 11 is 1.52. The molecule has 0 saturated carbocycles. The molecule has 0 unspecified atom stereocenters. The van der Waals surface area contributed by atoms with Gasteiger partial charge in [-0.25, -0.2) is 4.98 Å². The Hall–Kier alpha value is -0.940.